The van der Waals surface area contributed by atoms with Crippen LogP contribution >= 0.6 is 0 Å². The quantitative estimate of drug-likeness (QED) is 0.174. The number of rotatable bonds is 3. The molecule has 5 N–H and O–H groups in total. The number of amides is 1. The Labute approximate surface area is 328 Å². The first-order valence-electron chi connectivity index (χ1n) is 19.4. The summed E-state index contributed by atoms with van der Waals surface area (Å²) in [6.07, 6.45) is 5.83. The number of fused-ring (bicyclic) bond motifs is 14. The Morgan fingerprint density at radius 2 is 1.61 bits per heavy atom. The monoisotopic (exact) mass is 778 g/mol. The number of ether oxygens (including phenoxy) is 4. The number of carbonyl (C=O) groups is 3. The molecule has 13 nitrogen and oxygen atoms in total. The lowest BCUT2D eigenvalue weighted by molar-refractivity contribution is -0.160. The van der Waals surface area contributed by atoms with Gasteiger partial charge in [-0.15, -0.1) is 0 Å². The molecule has 0 aromatic heterocycles. The van der Waals surface area contributed by atoms with Crippen LogP contribution in [0.15, 0.2) is 42.2 Å². The fourth-order valence-corrected chi connectivity index (χ4v) is 8.15. The smallest absolute Gasteiger partial charge is 0.312 e. The van der Waals surface area contributed by atoms with E-state index in [1.54, 1.807) is 71.9 Å². The van der Waals surface area contributed by atoms with Gasteiger partial charge in [0.25, 0.3) is 11.7 Å². The van der Waals surface area contributed by atoms with Crippen molar-refractivity contribution in [3.63, 3.8) is 0 Å². The highest BCUT2D eigenvalue weighted by molar-refractivity contribution is 6.23. The third-order valence-corrected chi connectivity index (χ3v) is 12.0. The molecule has 0 spiro atoms. The summed E-state index contributed by atoms with van der Waals surface area (Å²) < 4.78 is 23.9. The van der Waals surface area contributed by atoms with Gasteiger partial charge in [0.05, 0.1) is 41.2 Å². The molecule has 9 atom stereocenters. The summed E-state index contributed by atoms with van der Waals surface area (Å²) in [5, 5.41) is 49.4. The molecule has 2 aromatic carbocycles. The van der Waals surface area contributed by atoms with Crippen molar-refractivity contribution in [1.29, 1.82) is 0 Å². The van der Waals surface area contributed by atoms with Gasteiger partial charge in [0.2, 0.25) is 0 Å². The zero-order valence-electron chi connectivity index (χ0n) is 34.1. The topological polar surface area (TPSA) is 184 Å². The van der Waals surface area contributed by atoms with Crippen LogP contribution < -0.4 is 15.0 Å². The summed E-state index contributed by atoms with van der Waals surface area (Å²) in [5.74, 6) is -5.96. The summed E-state index contributed by atoms with van der Waals surface area (Å²) in [7, 11) is 1.47. The van der Waals surface area contributed by atoms with Crippen LogP contribution in [0.3, 0.4) is 0 Å². The molecule has 6 rings (SSSR count). The van der Waals surface area contributed by atoms with Crippen molar-refractivity contribution < 1.29 is 53.8 Å². The van der Waals surface area contributed by atoms with E-state index in [4.69, 9.17) is 18.9 Å². The van der Waals surface area contributed by atoms with Crippen LogP contribution in [0, 0.1) is 36.5 Å². The molecule has 4 aliphatic rings. The molecular weight excluding hydrogens is 720 g/mol. The molecule has 306 valence electrons. The molecule has 56 heavy (non-hydrogen) atoms. The molecule has 9 unspecified atom stereocenters. The molecule has 1 amide bonds. The van der Waals surface area contributed by atoms with Crippen molar-refractivity contribution in [2.75, 3.05) is 30.4 Å². The molecule has 2 aromatic rings. The maximum atomic E-state index is 14.6. The Bertz CT molecular complexity index is 1930. The van der Waals surface area contributed by atoms with Gasteiger partial charge in [0.1, 0.15) is 17.6 Å². The van der Waals surface area contributed by atoms with Crippen molar-refractivity contribution in [1.82, 2.24) is 0 Å². The summed E-state index contributed by atoms with van der Waals surface area (Å²) in [5.41, 5.74) is 1.21. The van der Waals surface area contributed by atoms with Gasteiger partial charge < -0.3 is 49.6 Å². The SMILES string of the molecule is COC1/C=C\OC2(C)Oc3c(C)c(O)c4c(O)c(cc(N5CCC(C)CC5)c4c3C2=O)NC(=O)/C(C)=C\C=C/C(C)C(O)C(C)C(O)C(C)C(OC(C)=O)C1C. The first-order valence-corrected chi connectivity index (χ1v) is 19.4. The number of benzene rings is 2. The van der Waals surface area contributed by atoms with Crippen LogP contribution in [0.1, 0.15) is 84.2 Å². The van der Waals surface area contributed by atoms with E-state index < -0.39 is 77.3 Å². The second kappa shape index (κ2) is 16.9. The molecule has 5 bridgehead atoms. The summed E-state index contributed by atoms with van der Waals surface area (Å²) in [6, 6.07) is 1.63. The number of phenolic OH excluding ortho intramolecular Hbond substituents is 2. The second-order valence-corrected chi connectivity index (χ2v) is 16.1. The maximum Gasteiger partial charge on any atom is 0.312 e. The van der Waals surface area contributed by atoms with E-state index >= 15 is 0 Å². The number of hydrogen-bond donors (Lipinski definition) is 5. The number of allylic oxidation sites excluding steroid dienone is 2. The highest BCUT2D eigenvalue weighted by atomic mass is 16.7. The third kappa shape index (κ3) is 8.12. The standard InChI is InChI=1S/C43H58N2O11/c1-21-14-17-45(18-15-21)30-20-29-38(50)33-32(30)34-40(27(7)37(33)49)56-43(9,41(34)51)54-19-16-31(53-10)24(4)39(55-28(8)46)26(6)36(48)25(5)35(47)22(2)12-11-13-23(3)42(52)44-29/h11-13,16,19-22,24-26,31,35-36,39,47-50H,14-15,17-18H2,1-10H3,(H,44,52)/b12-11-,19-16-,23-13-. The lowest BCUT2D eigenvalue weighted by Crippen LogP contribution is -2.46. The third-order valence-electron chi connectivity index (χ3n) is 12.0. The van der Waals surface area contributed by atoms with Crippen molar-refractivity contribution in [2.24, 2.45) is 29.6 Å². The number of nitrogens with one attached hydrogen (secondary N) is 1. The maximum absolute atomic E-state index is 14.6. The Morgan fingerprint density at radius 3 is 2.23 bits per heavy atom. The minimum absolute atomic E-state index is 0.00146. The highest BCUT2D eigenvalue weighted by Gasteiger charge is 2.50. The average molecular weight is 779 g/mol. The summed E-state index contributed by atoms with van der Waals surface area (Å²) in [4.78, 5) is 42.6. The van der Waals surface area contributed by atoms with Crippen LogP contribution in [0.2, 0.25) is 0 Å². The molecule has 1 saturated heterocycles. The largest absolute Gasteiger partial charge is 0.507 e. The number of piperidine rings is 1. The highest BCUT2D eigenvalue weighted by Crippen LogP contribution is 2.54. The second-order valence-electron chi connectivity index (χ2n) is 16.1. The van der Waals surface area contributed by atoms with E-state index in [1.165, 1.54) is 27.2 Å². The Morgan fingerprint density at radius 1 is 0.946 bits per heavy atom. The Hall–Kier alpha value is -4.59. The predicted molar refractivity (Wildman–Crippen MR) is 213 cm³/mol. The van der Waals surface area contributed by atoms with Gasteiger partial charge in [-0.25, -0.2) is 0 Å². The molecule has 13 heteroatoms. The normalized spacial score (nSPS) is 33.0. The van der Waals surface area contributed by atoms with Crippen LogP contribution in [-0.4, -0.2) is 88.5 Å². The fourth-order valence-electron chi connectivity index (χ4n) is 8.15. The summed E-state index contributed by atoms with van der Waals surface area (Å²) in [6.45, 7) is 16.4. The molecule has 0 radical (unpaired) electrons. The van der Waals surface area contributed by atoms with Gasteiger partial charge >= 0.3 is 11.8 Å². The first-order chi connectivity index (χ1) is 26.3. The number of hydrogen-bond acceptors (Lipinski definition) is 12. The molecular formula is C43H58N2O11. The number of esters is 1. The van der Waals surface area contributed by atoms with Gasteiger partial charge in [-0.2, -0.15) is 0 Å². The molecule has 0 aliphatic carbocycles. The van der Waals surface area contributed by atoms with E-state index in [1.807, 2.05) is 0 Å². The van der Waals surface area contributed by atoms with Crippen molar-refractivity contribution >= 4 is 39.8 Å². The van der Waals surface area contributed by atoms with E-state index in [0.29, 0.717) is 24.7 Å². The number of ketones is 1. The van der Waals surface area contributed by atoms with Crippen molar-refractivity contribution in [3.8, 4) is 17.2 Å². The summed E-state index contributed by atoms with van der Waals surface area (Å²) >= 11 is 0. The minimum atomic E-state index is -1.90. The van der Waals surface area contributed by atoms with E-state index in [9.17, 15) is 34.8 Å². The number of nitrogens with zero attached hydrogens (tertiary/aromatic N) is 1. The molecule has 4 aliphatic heterocycles. The molecule has 1 fully saturated rings. The zero-order valence-corrected chi connectivity index (χ0v) is 34.1. The van der Waals surface area contributed by atoms with E-state index in [2.05, 4.69) is 17.1 Å². The van der Waals surface area contributed by atoms with Gasteiger partial charge in [-0.05, 0) is 44.7 Å². The lowest BCUT2D eigenvalue weighted by Gasteiger charge is -2.38. The van der Waals surface area contributed by atoms with Crippen molar-refractivity contribution in [2.45, 2.75) is 105 Å². The molecule has 0 saturated carbocycles. The first kappa shape index (κ1) is 42.6. The number of carbonyl (C=O) groups excluding carboxylic acids is 3. The number of aliphatic hydroxyl groups is 2. The van der Waals surface area contributed by atoms with Gasteiger partial charge in [-0.3, -0.25) is 14.4 Å². The van der Waals surface area contributed by atoms with Crippen LogP contribution in [0.25, 0.3) is 10.8 Å². The van der Waals surface area contributed by atoms with Gasteiger partial charge in [0, 0.05) is 79.9 Å². The zero-order chi connectivity index (χ0) is 41.4. The number of phenols is 2. The molecule has 4 heterocycles. The number of Topliss-reactive ketones (excluding diaryl/α,β-unsaturated/α-hetero) is 1. The van der Waals surface area contributed by atoms with Gasteiger partial charge in [-0.1, -0.05) is 52.8 Å². The van der Waals surface area contributed by atoms with E-state index in [0.717, 1.165) is 12.8 Å². The van der Waals surface area contributed by atoms with Gasteiger partial charge in [0.15, 0.2) is 5.75 Å². The predicted octanol–water partition coefficient (Wildman–Crippen LogP) is 6.28. The number of aromatic hydroxyl groups is 2. The van der Waals surface area contributed by atoms with Crippen molar-refractivity contribution in [3.05, 3.63) is 53.3 Å². The minimum Gasteiger partial charge on any atom is -0.507 e. The number of anilines is 2. The lowest BCUT2D eigenvalue weighted by atomic mass is 9.78. The fraction of sp³-hybridized carbons (Fsp3) is 0.558. The van der Waals surface area contributed by atoms with Crippen LogP contribution in [0.5, 0.6) is 17.2 Å². The Kier molecular flexibility index (Phi) is 12.8. The number of methoxy groups -OCH3 is 1. The number of aliphatic hydroxyl groups excluding tert-OH is 2. The van der Waals surface area contributed by atoms with Crippen LogP contribution in [0.4, 0.5) is 11.4 Å². The average Bonchev–Trinajstić information content (AvgIpc) is 3.43. The Balaban J connectivity index is 1.69. The van der Waals surface area contributed by atoms with Crippen LogP contribution in [-0.2, 0) is 23.8 Å². The van der Waals surface area contributed by atoms with E-state index in [-0.39, 0.29) is 44.7 Å².